The SMILES string of the molecule is CC[C@H](C(=O)Nc1c2c(nn1-c1ccc(F)cc1)CSC2)c1ccccc1. The minimum absolute atomic E-state index is 0.0494. The van der Waals surface area contributed by atoms with Gasteiger partial charge in [-0.1, -0.05) is 37.3 Å². The van der Waals surface area contributed by atoms with Gasteiger partial charge in [0.05, 0.1) is 17.3 Å². The van der Waals surface area contributed by atoms with Gasteiger partial charge in [-0.2, -0.15) is 16.9 Å². The highest BCUT2D eigenvalue weighted by atomic mass is 32.2. The fraction of sp³-hybridized carbons (Fsp3) is 0.238. The summed E-state index contributed by atoms with van der Waals surface area (Å²) in [4.78, 5) is 13.1. The Kier molecular flexibility index (Phi) is 4.99. The average Bonchev–Trinajstić information content (AvgIpc) is 3.27. The number of hydrogen-bond donors (Lipinski definition) is 1. The molecule has 1 aliphatic rings. The second-order valence-electron chi connectivity index (χ2n) is 6.52. The summed E-state index contributed by atoms with van der Waals surface area (Å²) < 4.78 is 15.0. The normalized spacial score (nSPS) is 14.0. The summed E-state index contributed by atoms with van der Waals surface area (Å²) in [5.74, 6) is 1.76. The molecule has 6 heteroatoms. The van der Waals surface area contributed by atoms with E-state index in [1.807, 2.05) is 37.3 Å². The lowest BCUT2D eigenvalue weighted by Crippen LogP contribution is -2.23. The molecule has 3 aromatic rings. The van der Waals surface area contributed by atoms with E-state index in [4.69, 9.17) is 0 Å². The molecule has 2 aromatic carbocycles. The van der Waals surface area contributed by atoms with Gasteiger partial charge in [0.25, 0.3) is 0 Å². The largest absolute Gasteiger partial charge is 0.310 e. The van der Waals surface area contributed by atoms with E-state index in [0.717, 1.165) is 34.0 Å². The predicted molar refractivity (Wildman–Crippen MR) is 107 cm³/mol. The third kappa shape index (κ3) is 3.49. The minimum atomic E-state index is -0.297. The molecule has 0 saturated heterocycles. The molecule has 0 fully saturated rings. The molecule has 0 spiro atoms. The van der Waals surface area contributed by atoms with Crippen LogP contribution in [0.15, 0.2) is 54.6 Å². The van der Waals surface area contributed by atoms with Crippen LogP contribution in [-0.2, 0) is 16.3 Å². The predicted octanol–water partition coefficient (Wildman–Crippen LogP) is 4.89. The molecule has 1 N–H and O–H groups in total. The van der Waals surface area contributed by atoms with Crippen LogP contribution in [0.25, 0.3) is 5.69 Å². The van der Waals surface area contributed by atoms with Crippen molar-refractivity contribution in [3.05, 3.63) is 77.2 Å². The standard InChI is InChI=1S/C21H20FN3OS/c1-2-17(14-6-4-3-5-7-14)21(26)23-20-18-12-27-13-19(18)24-25(20)16-10-8-15(22)9-11-16/h3-11,17H,2,12-13H2,1H3,(H,23,26)/t17-/m0/s1. The number of carbonyl (C=O) groups is 1. The second-order valence-corrected chi connectivity index (χ2v) is 7.50. The van der Waals surface area contributed by atoms with Crippen molar-refractivity contribution in [2.75, 3.05) is 5.32 Å². The van der Waals surface area contributed by atoms with Crippen LogP contribution in [-0.4, -0.2) is 15.7 Å². The van der Waals surface area contributed by atoms with E-state index in [9.17, 15) is 9.18 Å². The van der Waals surface area contributed by atoms with Crippen molar-refractivity contribution in [2.24, 2.45) is 0 Å². The molecule has 0 saturated carbocycles. The molecule has 0 unspecified atom stereocenters. The number of hydrogen-bond acceptors (Lipinski definition) is 3. The van der Waals surface area contributed by atoms with Crippen LogP contribution in [0.5, 0.6) is 0 Å². The number of nitrogens with zero attached hydrogens (tertiary/aromatic N) is 2. The average molecular weight is 381 g/mol. The fourth-order valence-corrected chi connectivity index (χ4v) is 4.41. The Morgan fingerprint density at radius 1 is 1.19 bits per heavy atom. The zero-order valence-electron chi connectivity index (χ0n) is 15.0. The molecule has 2 heterocycles. The summed E-state index contributed by atoms with van der Waals surface area (Å²) in [7, 11) is 0. The molecule has 27 heavy (non-hydrogen) atoms. The molecule has 1 atom stereocenters. The highest BCUT2D eigenvalue weighted by molar-refractivity contribution is 7.98. The highest BCUT2D eigenvalue weighted by Crippen LogP contribution is 2.36. The van der Waals surface area contributed by atoms with Gasteiger partial charge in [-0.3, -0.25) is 4.79 Å². The molecule has 1 aromatic heterocycles. The maximum atomic E-state index is 13.3. The molecule has 0 aliphatic carbocycles. The minimum Gasteiger partial charge on any atom is -0.310 e. The van der Waals surface area contributed by atoms with E-state index < -0.39 is 0 Å². The van der Waals surface area contributed by atoms with Gasteiger partial charge in [-0.25, -0.2) is 9.07 Å². The number of halogens is 1. The van der Waals surface area contributed by atoms with Gasteiger partial charge in [0.1, 0.15) is 11.6 Å². The number of nitrogens with one attached hydrogen (secondary N) is 1. The van der Waals surface area contributed by atoms with Gasteiger partial charge in [-0.05, 0) is 36.2 Å². The van der Waals surface area contributed by atoms with E-state index in [-0.39, 0.29) is 17.6 Å². The number of aromatic nitrogens is 2. The lowest BCUT2D eigenvalue weighted by atomic mass is 9.95. The van der Waals surface area contributed by atoms with Gasteiger partial charge >= 0.3 is 0 Å². The molecular formula is C21H20FN3OS. The molecule has 1 aliphatic heterocycles. The number of anilines is 1. The molecule has 0 bridgehead atoms. The summed E-state index contributed by atoms with van der Waals surface area (Å²) in [6.45, 7) is 2.01. The Morgan fingerprint density at radius 3 is 2.63 bits per heavy atom. The maximum Gasteiger partial charge on any atom is 0.233 e. The summed E-state index contributed by atoms with van der Waals surface area (Å²) in [6.07, 6.45) is 0.706. The lowest BCUT2D eigenvalue weighted by Gasteiger charge is -2.17. The van der Waals surface area contributed by atoms with E-state index in [0.29, 0.717) is 12.2 Å². The van der Waals surface area contributed by atoms with Crippen molar-refractivity contribution in [1.82, 2.24) is 9.78 Å². The molecule has 4 nitrogen and oxygen atoms in total. The smallest absolute Gasteiger partial charge is 0.233 e. The summed E-state index contributed by atoms with van der Waals surface area (Å²) in [5.41, 5.74) is 3.77. The molecule has 4 rings (SSSR count). The first-order valence-electron chi connectivity index (χ1n) is 8.97. The molecular weight excluding hydrogens is 361 g/mol. The van der Waals surface area contributed by atoms with Crippen LogP contribution in [0.2, 0.25) is 0 Å². The zero-order valence-corrected chi connectivity index (χ0v) is 15.8. The third-order valence-electron chi connectivity index (χ3n) is 4.79. The monoisotopic (exact) mass is 381 g/mol. The molecule has 138 valence electrons. The van der Waals surface area contributed by atoms with Gasteiger partial charge in [0.15, 0.2) is 0 Å². The van der Waals surface area contributed by atoms with E-state index in [1.165, 1.54) is 12.1 Å². The lowest BCUT2D eigenvalue weighted by molar-refractivity contribution is -0.117. The van der Waals surface area contributed by atoms with Crippen LogP contribution in [0.4, 0.5) is 10.2 Å². The summed E-state index contributed by atoms with van der Waals surface area (Å²) in [5, 5.41) is 7.77. The number of amides is 1. The fourth-order valence-electron chi connectivity index (χ4n) is 3.37. The first-order chi connectivity index (χ1) is 13.2. The first-order valence-corrected chi connectivity index (χ1v) is 10.1. The molecule has 0 radical (unpaired) electrons. The zero-order chi connectivity index (χ0) is 18.8. The van der Waals surface area contributed by atoms with Gasteiger partial charge in [0, 0.05) is 17.1 Å². The second kappa shape index (κ2) is 7.56. The van der Waals surface area contributed by atoms with Crippen molar-refractivity contribution in [3.8, 4) is 5.69 Å². The van der Waals surface area contributed by atoms with Crippen molar-refractivity contribution in [2.45, 2.75) is 30.8 Å². The van der Waals surface area contributed by atoms with Crippen LogP contribution in [0.3, 0.4) is 0 Å². The number of carbonyl (C=O) groups excluding carboxylic acids is 1. The quantitative estimate of drug-likeness (QED) is 0.684. The maximum absolute atomic E-state index is 13.3. The summed E-state index contributed by atoms with van der Waals surface area (Å²) >= 11 is 1.78. The van der Waals surface area contributed by atoms with Crippen LogP contribution in [0, 0.1) is 5.82 Å². The van der Waals surface area contributed by atoms with Crippen LogP contribution in [0.1, 0.15) is 36.1 Å². The first kappa shape index (κ1) is 17.8. The van der Waals surface area contributed by atoms with E-state index in [1.54, 1.807) is 28.6 Å². The van der Waals surface area contributed by atoms with Gasteiger partial charge in [-0.15, -0.1) is 0 Å². The topological polar surface area (TPSA) is 46.9 Å². The van der Waals surface area contributed by atoms with E-state index in [2.05, 4.69) is 10.4 Å². The van der Waals surface area contributed by atoms with Crippen LogP contribution < -0.4 is 5.32 Å². The Morgan fingerprint density at radius 2 is 1.93 bits per heavy atom. The Hall–Kier alpha value is -2.60. The Bertz CT molecular complexity index is 954. The van der Waals surface area contributed by atoms with Crippen molar-refractivity contribution in [1.29, 1.82) is 0 Å². The van der Waals surface area contributed by atoms with E-state index >= 15 is 0 Å². The Labute approximate surface area is 161 Å². The van der Waals surface area contributed by atoms with Gasteiger partial charge in [0.2, 0.25) is 5.91 Å². The van der Waals surface area contributed by atoms with Crippen molar-refractivity contribution < 1.29 is 9.18 Å². The van der Waals surface area contributed by atoms with Crippen molar-refractivity contribution in [3.63, 3.8) is 0 Å². The van der Waals surface area contributed by atoms with Gasteiger partial charge < -0.3 is 5.32 Å². The Balaban J connectivity index is 1.69. The van der Waals surface area contributed by atoms with Crippen molar-refractivity contribution >= 4 is 23.5 Å². The third-order valence-corrected chi connectivity index (χ3v) is 5.76. The summed E-state index contributed by atoms with van der Waals surface area (Å²) in [6, 6.07) is 16.0. The number of fused-ring (bicyclic) bond motifs is 1. The van der Waals surface area contributed by atoms with Crippen LogP contribution >= 0.6 is 11.8 Å². The highest BCUT2D eigenvalue weighted by Gasteiger charge is 2.27. The molecule has 1 amide bonds. The number of benzene rings is 2. The number of rotatable bonds is 5. The number of thioether (sulfide) groups is 1.